The molecule has 1 aromatic rings. The molecule has 1 saturated heterocycles. The predicted molar refractivity (Wildman–Crippen MR) is 91.3 cm³/mol. The highest BCUT2D eigenvalue weighted by Crippen LogP contribution is 2.35. The zero-order valence-corrected chi connectivity index (χ0v) is 14.1. The summed E-state index contributed by atoms with van der Waals surface area (Å²) in [5, 5.41) is 2.67. The van der Waals surface area contributed by atoms with E-state index >= 15 is 0 Å². The van der Waals surface area contributed by atoms with Gasteiger partial charge < -0.3 is 10.1 Å². The molecule has 0 aromatic heterocycles. The summed E-state index contributed by atoms with van der Waals surface area (Å²) in [5.41, 5.74) is 1.25. The van der Waals surface area contributed by atoms with Gasteiger partial charge in [0, 0.05) is 12.5 Å². The Morgan fingerprint density at radius 1 is 1.28 bits per heavy atom. The van der Waals surface area contributed by atoms with Crippen LogP contribution in [0.4, 0.5) is 14.0 Å². The molecular formula is C19H21FN2O3. The van der Waals surface area contributed by atoms with E-state index in [9.17, 15) is 14.0 Å². The first kappa shape index (κ1) is 17.2. The van der Waals surface area contributed by atoms with Gasteiger partial charge in [-0.05, 0) is 30.9 Å². The van der Waals surface area contributed by atoms with Gasteiger partial charge in [-0.2, -0.15) is 4.90 Å². The molecule has 2 atom stereocenters. The van der Waals surface area contributed by atoms with Crippen LogP contribution < -0.4 is 5.32 Å². The molecule has 0 spiro atoms. The van der Waals surface area contributed by atoms with E-state index in [1.54, 1.807) is 6.08 Å². The van der Waals surface area contributed by atoms with E-state index < -0.39 is 24.1 Å². The van der Waals surface area contributed by atoms with E-state index in [4.69, 9.17) is 4.74 Å². The molecule has 132 valence electrons. The van der Waals surface area contributed by atoms with Gasteiger partial charge in [-0.15, -0.1) is 0 Å². The molecule has 5 nitrogen and oxygen atoms in total. The molecule has 2 aliphatic rings. The summed E-state index contributed by atoms with van der Waals surface area (Å²) in [5.74, 6) is -0.768. The number of aryl methyl sites for hydroxylation is 1. The van der Waals surface area contributed by atoms with Crippen molar-refractivity contribution in [1.82, 2.24) is 10.2 Å². The average Bonchev–Trinajstić information content (AvgIpc) is 2.97. The number of allylic oxidation sites excluding steroid dienone is 2. The highest BCUT2D eigenvalue weighted by Gasteiger charge is 2.46. The van der Waals surface area contributed by atoms with Crippen molar-refractivity contribution in [2.24, 2.45) is 5.92 Å². The minimum absolute atomic E-state index is 0.00165. The number of hydrogen-bond acceptors (Lipinski definition) is 3. The van der Waals surface area contributed by atoms with Crippen LogP contribution in [-0.4, -0.2) is 29.7 Å². The van der Waals surface area contributed by atoms with E-state index in [1.807, 2.05) is 25.1 Å². The van der Waals surface area contributed by atoms with E-state index in [1.165, 1.54) is 11.6 Å². The van der Waals surface area contributed by atoms with Crippen LogP contribution >= 0.6 is 0 Å². The second-order valence-corrected chi connectivity index (χ2v) is 6.27. The summed E-state index contributed by atoms with van der Waals surface area (Å²) in [6.45, 7) is 2.23. The fraction of sp³-hybridized carbons (Fsp3) is 0.368. The number of halogens is 1. The SMILES string of the molecule is CC1C=CC(F)=C2C1OC(=O)N2C(=O)NCCCCc1ccccc1. The van der Waals surface area contributed by atoms with Crippen LogP contribution in [0, 0.1) is 5.92 Å². The number of carbonyl (C=O) groups excluding carboxylic acids is 2. The van der Waals surface area contributed by atoms with Crippen LogP contribution in [0.1, 0.15) is 25.3 Å². The molecule has 1 N–H and O–H groups in total. The summed E-state index contributed by atoms with van der Waals surface area (Å²) in [7, 11) is 0. The summed E-state index contributed by atoms with van der Waals surface area (Å²) in [6.07, 6.45) is 3.94. The van der Waals surface area contributed by atoms with Gasteiger partial charge in [0.25, 0.3) is 0 Å². The lowest BCUT2D eigenvalue weighted by Gasteiger charge is -2.21. The zero-order chi connectivity index (χ0) is 17.8. The largest absolute Gasteiger partial charge is 0.438 e. The van der Waals surface area contributed by atoms with Crippen molar-refractivity contribution in [2.75, 3.05) is 6.54 Å². The lowest BCUT2D eigenvalue weighted by atomic mass is 9.96. The molecule has 0 saturated carbocycles. The van der Waals surface area contributed by atoms with Gasteiger partial charge in [-0.25, -0.2) is 14.0 Å². The first-order valence-electron chi connectivity index (χ1n) is 8.48. The summed E-state index contributed by atoms with van der Waals surface area (Å²) in [6, 6.07) is 9.45. The number of benzene rings is 1. The lowest BCUT2D eigenvalue weighted by molar-refractivity contribution is 0.121. The molecule has 25 heavy (non-hydrogen) atoms. The van der Waals surface area contributed by atoms with Crippen molar-refractivity contribution in [2.45, 2.75) is 32.3 Å². The van der Waals surface area contributed by atoms with Crippen LogP contribution in [0.3, 0.4) is 0 Å². The minimum atomic E-state index is -0.826. The molecule has 6 heteroatoms. The predicted octanol–water partition coefficient (Wildman–Crippen LogP) is 3.93. The molecule has 3 amide bonds. The second-order valence-electron chi connectivity index (χ2n) is 6.27. The molecule has 1 aliphatic carbocycles. The standard InChI is InChI=1S/C19H21FN2O3/c1-13-10-11-15(20)16-17(13)25-19(24)22(16)18(23)21-12-6-5-9-14-7-3-2-4-8-14/h2-4,7-8,10-11,13,17H,5-6,9,12H2,1H3,(H,21,23). The van der Waals surface area contributed by atoms with Gasteiger partial charge in [0.1, 0.15) is 11.5 Å². The highest BCUT2D eigenvalue weighted by molar-refractivity contribution is 5.95. The van der Waals surface area contributed by atoms with Crippen molar-refractivity contribution in [1.29, 1.82) is 0 Å². The Morgan fingerprint density at radius 3 is 2.80 bits per heavy atom. The lowest BCUT2D eigenvalue weighted by Crippen LogP contribution is -2.41. The average molecular weight is 344 g/mol. The van der Waals surface area contributed by atoms with E-state index in [-0.39, 0.29) is 11.6 Å². The van der Waals surface area contributed by atoms with E-state index in [0.717, 1.165) is 24.2 Å². The second kappa shape index (κ2) is 7.51. The van der Waals surface area contributed by atoms with Crippen LogP contribution in [0.2, 0.25) is 0 Å². The third-order valence-corrected chi connectivity index (χ3v) is 4.40. The molecule has 1 fully saturated rings. The molecule has 3 rings (SSSR count). The van der Waals surface area contributed by atoms with Crippen LogP contribution in [-0.2, 0) is 11.2 Å². The minimum Gasteiger partial charge on any atom is -0.438 e. The van der Waals surface area contributed by atoms with Gasteiger partial charge in [0.2, 0.25) is 0 Å². The maximum atomic E-state index is 14.1. The quantitative estimate of drug-likeness (QED) is 0.824. The Kier molecular flexibility index (Phi) is 5.16. The fourth-order valence-corrected chi connectivity index (χ4v) is 3.03. The van der Waals surface area contributed by atoms with E-state index in [2.05, 4.69) is 17.4 Å². The zero-order valence-electron chi connectivity index (χ0n) is 14.1. The smallest absolute Gasteiger partial charge is 0.423 e. The molecule has 1 aromatic carbocycles. The van der Waals surface area contributed by atoms with Gasteiger partial charge in [0.05, 0.1) is 0 Å². The number of nitrogens with one attached hydrogen (secondary N) is 1. The Morgan fingerprint density at radius 2 is 2.04 bits per heavy atom. The molecule has 2 unspecified atom stereocenters. The van der Waals surface area contributed by atoms with Gasteiger partial charge >= 0.3 is 12.1 Å². The monoisotopic (exact) mass is 344 g/mol. The molecule has 1 aliphatic heterocycles. The first-order chi connectivity index (χ1) is 12.1. The van der Waals surface area contributed by atoms with Crippen LogP contribution in [0.15, 0.2) is 54.0 Å². The topological polar surface area (TPSA) is 58.6 Å². The van der Waals surface area contributed by atoms with Crippen LogP contribution in [0.25, 0.3) is 0 Å². The Labute approximate surface area is 146 Å². The van der Waals surface area contributed by atoms with Crippen molar-refractivity contribution in [3.8, 4) is 0 Å². The van der Waals surface area contributed by atoms with Crippen molar-refractivity contribution < 1.29 is 18.7 Å². The number of unbranched alkanes of at least 4 members (excludes halogenated alkanes) is 1. The Hall–Kier alpha value is -2.63. The molecule has 0 bridgehead atoms. The third kappa shape index (κ3) is 3.73. The fourth-order valence-electron chi connectivity index (χ4n) is 3.03. The van der Waals surface area contributed by atoms with Crippen LogP contribution in [0.5, 0.6) is 0 Å². The molecule has 1 heterocycles. The number of imide groups is 1. The summed E-state index contributed by atoms with van der Waals surface area (Å²) >= 11 is 0. The molecule has 0 radical (unpaired) electrons. The van der Waals surface area contributed by atoms with Crippen molar-refractivity contribution in [3.05, 3.63) is 59.6 Å². The number of hydrogen-bond donors (Lipinski definition) is 1. The number of rotatable bonds is 5. The Balaban J connectivity index is 1.51. The van der Waals surface area contributed by atoms with E-state index in [0.29, 0.717) is 6.54 Å². The Bertz CT molecular complexity index is 715. The molecular weight excluding hydrogens is 323 g/mol. The third-order valence-electron chi connectivity index (χ3n) is 4.40. The summed E-state index contributed by atoms with van der Waals surface area (Å²) < 4.78 is 19.2. The number of amides is 3. The first-order valence-corrected chi connectivity index (χ1v) is 8.48. The number of carbonyl (C=O) groups is 2. The van der Waals surface area contributed by atoms with Gasteiger partial charge in [0.15, 0.2) is 6.10 Å². The maximum Gasteiger partial charge on any atom is 0.423 e. The van der Waals surface area contributed by atoms with Gasteiger partial charge in [-0.1, -0.05) is 43.3 Å². The summed E-state index contributed by atoms with van der Waals surface area (Å²) in [4.78, 5) is 25.0. The van der Waals surface area contributed by atoms with Crippen molar-refractivity contribution >= 4 is 12.1 Å². The number of ether oxygens (including phenoxy) is 1. The maximum absolute atomic E-state index is 14.1. The number of urea groups is 1. The highest BCUT2D eigenvalue weighted by atomic mass is 19.1. The number of nitrogens with zero attached hydrogens (tertiary/aromatic N) is 1. The normalized spacial score (nSPS) is 22.0. The van der Waals surface area contributed by atoms with Crippen molar-refractivity contribution in [3.63, 3.8) is 0 Å². The number of fused-ring (bicyclic) bond motifs is 1. The van der Waals surface area contributed by atoms with Gasteiger partial charge in [-0.3, -0.25) is 0 Å².